The van der Waals surface area contributed by atoms with Gasteiger partial charge in [0.15, 0.2) is 0 Å². The quantitative estimate of drug-likeness (QED) is 0.504. The Morgan fingerprint density at radius 3 is 2.32 bits per heavy atom. The lowest BCUT2D eigenvalue weighted by atomic mass is 9.84. The monoisotopic (exact) mass is 417 g/mol. The molecule has 1 fully saturated rings. The lowest BCUT2D eigenvalue weighted by Gasteiger charge is -2.40. The summed E-state index contributed by atoms with van der Waals surface area (Å²) in [6.07, 6.45) is 7.26. The minimum Gasteiger partial charge on any atom is -0.299 e. The zero-order valence-electron chi connectivity index (χ0n) is 18.3. The molecule has 0 aliphatic carbocycles. The van der Waals surface area contributed by atoms with E-state index in [4.69, 9.17) is 0 Å². The van der Waals surface area contributed by atoms with Gasteiger partial charge in [-0.05, 0) is 80.2 Å². The highest BCUT2D eigenvalue weighted by Crippen LogP contribution is 2.28. The summed E-state index contributed by atoms with van der Waals surface area (Å²) in [5.74, 6) is 0.495. The minimum absolute atomic E-state index is 0.164. The molecule has 1 atom stereocenters. The highest BCUT2D eigenvalue weighted by Gasteiger charge is 2.29. The topological polar surface area (TPSA) is 19.4 Å². The molecule has 0 saturated carbocycles. The van der Waals surface area contributed by atoms with Gasteiger partial charge in [0.05, 0.1) is 0 Å². The lowest BCUT2D eigenvalue weighted by molar-refractivity contribution is 0.0953. The van der Waals surface area contributed by atoms with Crippen molar-refractivity contribution in [1.82, 2.24) is 14.8 Å². The van der Waals surface area contributed by atoms with Crippen LogP contribution in [-0.2, 0) is 19.5 Å². The summed E-state index contributed by atoms with van der Waals surface area (Å²) in [5, 5.41) is 0. The fourth-order valence-corrected chi connectivity index (χ4v) is 4.78. The second-order valence-electron chi connectivity index (χ2n) is 8.77. The fraction of sp³-hybridized carbons (Fsp3) is 0.370. The van der Waals surface area contributed by atoms with E-state index < -0.39 is 0 Å². The number of likely N-dealkylation sites (tertiary alicyclic amines) is 1. The molecule has 162 valence electrons. The molecule has 31 heavy (non-hydrogen) atoms. The summed E-state index contributed by atoms with van der Waals surface area (Å²) in [6, 6.07) is 22.5. The lowest BCUT2D eigenvalue weighted by Crippen LogP contribution is -2.44. The number of nitrogens with zero attached hydrogens (tertiary/aromatic N) is 3. The Bertz CT molecular complexity index is 906. The molecule has 0 N–H and O–H groups in total. The van der Waals surface area contributed by atoms with E-state index in [9.17, 15) is 4.39 Å². The van der Waals surface area contributed by atoms with Crippen molar-refractivity contribution in [1.29, 1.82) is 0 Å². The van der Waals surface area contributed by atoms with Gasteiger partial charge in [0.1, 0.15) is 5.82 Å². The highest BCUT2D eigenvalue weighted by molar-refractivity contribution is 5.18. The molecule has 1 aliphatic heterocycles. The molecule has 2 heterocycles. The van der Waals surface area contributed by atoms with Crippen molar-refractivity contribution in [3.8, 4) is 0 Å². The van der Waals surface area contributed by atoms with Gasteiger partial charge in [-0.1, -0.05) is 48.5 Å². The minimum atomic E-state index is -0.164. The van der Waals surface area contributed by atoms with Crippen molar-refractivity contribution in [2.45, 2.75) is 38.4 Å². The largest absolute Gasteiger partial charge is 0.299 e. The summed E-state index contributed by atoms with van der Waals surface area (Å²) >= 11 is 0. The molecular weight excluding hydrogens is 385 g/mol. The van der Waals surface area contributed by atoms with Crippen molar-refractivity contribution in [3.05, 3.63) is 102 Å². The van der Waals surface area contributed by atoms with Gasteiger partial charge in [-0.25, -0.2) is 4.39 Å². The summed E-state index contributed by atoms with van der Waals surface area (Å²) in [6.45, 7) is 4.01. The Hall–Kier alpha value is -2.56. The molecular formula is C27H32FN3. The van der Waals surface area contributed by atoms with Crippen molar-refractivity contribution in [3.63, 3.8) is 0 Å². The van der Waals surface area contributed by atoms with Crippen LogP contribution >= 0.6 is 0 Å². The molecule has 4 rings (SSSR count). The van der Waals surface area contributed by atoms with E-state index >= 15 is 0 Å². The first-order valence-electron chi connectivity index (χ1n) is 11.3. The third-order valence-corrected chi connectivity index (χ3v) is 6.50. The van der Waals surface area contributed by atoms with E-state index in [0.717, 1.165) is 32.6 Å². The van der Waals surface area contributed by atoms with Crippen molar-refractivity contribution in [2.24, 2.45) is 5.92 Å². The van der Waals surface area contributed by atoms with Crippen LogP contribution in [0.4, 0.5) is 4.39 Å². The molecule has 3 aromatic rings. The number of aromatic nitrogens is 1. The van der Waals surface area contributed by atoms with Crippen LogP contribution in [0.2, 0.25) is 0 Å². The predicted molar refractivity (Wildman–Crippen MR) is 124 cm³/mol. The number of piperidine rings is 1. The van der Waals surface area contributed by atoms with Crippen LogP contribution < -0.4 is 0 Å². The molecule has 0 unspecified atom stereocenters. The van der Waals surface area contributed by atoms with E-state index in [1.807, 2.05) is 30.6 Å². The number of rotatable bonds is 8. The van der Waals surface area contributed by atoms with Gasteiger partial charge in [0, 0.05) is 31.5 Å². The number of pyridine rings is 1. The molecule has 0 bridgehead atoms. The van der Waals surface area contributed by atoms with E-state index in [1.165, 1.54) is 29.5 Å². The fourth-order valence-electron chi connectivity index (χ4n) is 4.78. The van der Waals surface area contributed by atoms with Crippen molar-refractivity contribution in [2.75, 3.05) is 20.1 Å². The molecule has 0 amide bonds. The van der Waals surface area contributed by atoms with Crippen LogP contribution in [0.3, 0.4) is 0 Å². The molecule has 0 spiro atoms. The Morgan fingerprint density at radius 1 is 0.935 bits per heavy atom. The average Bonchev–Trinajstić information content (AvgIpc) is 2.81. The standard InChI is InChI=1S/C27H32FN3/c1-30(20-24-8-5-15-29-19-24)27(18-22-6-3-2-4-7-22)25-13-16-31(17-14-25)21-23-9-11-26(28)12-10-23/h2-12,15,19,25,27H,13-14,16-18,20-21H2,1H3/t27-/m1/s1. The summed E-state index contributed by atoms with van der Waals surface area (Å²) in [4.78, 5) is 9.31. The summed E-state index contributed by atoms with van der Waals surface area (Å²) in [7, 11) is 2.26. The third kappa shape index (κ3) is 6.22. The normalized spacial score (nSPS) is 16.5. The molecule has 1 aromatic heterocycles. The van der Waals surface area contributed by atoms with Gasteiger partial charge in [-0.15, -0.1) is 0 Å². The van der Waals surface area contributed by atoms with Crippen LogP contribution in [-0.4, -0.2) is 41.0 Å². The smallest absolute Gasteiger partial charge is 0.123 e. The third-order valence-electron chi connectivity index (χ3n) is 6.50. The van der Waals surface area contributed by atoms with E-state index in [0.29, 0.717) is 12.0 Å². The maximum atomic E-state index is 13.2. The van der Waals surface area contributed by atoms with Crippen LogP contribution in [0.5, 0.6) is 0 Å². The molecule has 2 aromatic carbocycles. The first kappa shape index (κ1) is 21.7. The second kappa shape index (κ2) is 10.7. The summed E-state index contributed by atoms with van der Waals surface area (Å²) in [5.41, 5.74) is 3.85. The van der Waals surface area contributed by atoms with E-state index in [1.54, 1.807) is 12.1 Å². The Labute approximate surface area is 185 Å². The Morgan fingerprint density at radius 2 is 1.65 bits per heavy atom. The van der Waals surface area contributed by atoms with Gasteiger partial charge in [0.25, 0.3) is 0 Å². The Balaban J connectivity index is 1.40. The van der Waals surface area contributed by atoms with Gasteiger partial charge in [-0.3, -0.25) is 14.8 Å². The molecule has 1 aliphatic rings. The van der Waals surface area contributed by atoms with Gasteiger partial charge in [0.2, 0.25) is 0 Å². The van der Waals surface area contributed by atoms with Crippen LogP contribution in [0.15, 0.2) is 79.1 Å². The van der Waals surface area contributed by atoms with E-state index in [2.05, 4.69) is 58.2 Å². The number of halogens is 1. The molecule has 1 saturated heterocycles. The maximum Gasteiger partial charge on any atom is 0.123 e. The van der Waals surface area contributed by atoms with Crippen molar-refractivity contribution >= 4 is 0 Å². The van der Waals surface area contributed by atoms with Crippen LogP contribution in [0, 0.1) is 11.7 Å². The number of hydrogen-bond donors (Lipinski definition) is 0. The average molecular weight is 418 g/mol. The second-order valence-corrected chi connectivity index (χ2v) is 8.77. The van der Waals surface area contributed by atoms with Crippen LogP contribution in [0.1, 0.15) is 29.5 Å². The zero-order chi connectivity index (χ0) is 21.5. The Kier molecular flexibility index (Phi) is 7.44. The van der Waals surface area contributed by atoms with Gasteiger partial charge < -0.3 is 0 Å². The highest BCUT2D eigenvalue weighted by atomic mass is 19.1. The number of likely N-dealkylation sites (N-methyl/N-ethyl adjacent to an activating group) is 1. The number of benzene rings is 2. The number of hydrogen-bond acceptors (Lipinski definition) is 3. The SMILES string of the molecule is CN(Cc1cccnc1)[C@H](Cc1ccccc1)C1CCN(Cc2ccc(F)cc2)CC1. The first-order chi connectivity index (χ1) is 15.2. The summed E-state index contributed by atoms with van der Waals surface area (Å²) < 4.78 is 13.2. The van der Waals surface area contributed by atoms with Crippen molar-refractivity contribution < 1.29 is 4.39 Å². The predicted octanol–water partition coefficient (Wildman–Crippen LogP) is 5.18. The van der Waals surface area contributed by atoms with E-state index in [-0.39, 0.29) is 5.82 Å². The van der Waals surface area contributed by atoms with Crippen LogP contribution in [0.25, 0.3) is 0 Å². The molecule has 0 radical (unpaired) electrons. The zero-order valence-corrected chi connectivity index (χ0v) is 18.3. The van der Waals surface area contributed by atoms with Gasteiger partial charge in [-0.2, -0.15) is 0 Å². The first-order valence-corrected chi connectivity index (χ1v) is 11.3. The van der Waals surface area contributed by atoms with Gasteiger partial charge >= 0.3 is 0 Å². The molecule has 3 nitrogen and oxygen atoms in total. The molecule has 4 heteroatoms. The maximum absolute atomic E-state index is 13.2.